The van der Waals surface area contributed by atoms with Crippen LogP contribution in [0.25, 0.3) is 0 Å². The van der Waals surface area contributed by atoms with Gasteiger partial charge in [0.15, 0.2) is 0 Å². The Bertz CT molecular complexity index is 267. The van der Waals surface area contributed by atoms with Gasteiger partial charge in [-0.1, -0.05) is 24.3 Å². The van der Waals surface area contributed by atoms with E-state index >= 15 is 0 Å². The van der Waals surface area contributed by atoms with Gasteiger partial charge in [0.25, 0.3) is 0 Å². The van der Waals surface area contributed by atoms with Crippen molar-refractivity contribution in [2.75, 3.05) is 0 Å². The second-order valence-electron chi connectivity index (χ2n) is 2.92. The van der Waals surface area contributed by atoms with Gasteiger partial charge in [-0.25, -0.2) is 0 Å². The number of hydrogen-bond acceptors (Lipinski definition) is 2. The van der Waals surface area contributed by atoms with Gasteiger partial charge in [-0.05, 0) is 18.1 Å². The molecule has 0 radical (unpaired) electrons. The van der Waals surface area contributed by atoms with Crippen molar-refractivity contribution in [1.82, 2.24) is 5.32 Å². The van der Waals surface area contributed by atoms with Crippen molar-refractivity contribution in [2.24, 2.45) is 0 Å². The third-order valence-electron chi connectivity index (χ3n) is 1.85. The summed E-state index contributed by atoms with van der Waals surface area (Å²) in [5.74, 6) is 0. The average Bonchev–Trinajstić information content (AvgIpc) is 2.15. The maximum atomic E-state index is 10.0. The van der Waals surface area contributed by atoms with Crippen molar-refractivity contribution in [3.8, 4) is 0 Å². The first-order valence-electron chi connectivity index (χ1n) is 4.18. The van der Waals surface area contributed by atoms with E-state index in [4.69, 9.17) is 0 Å². The van der Waals surface area contributed by atoms with Crippen LogP contribution in [0.1, 0.15) is 24.2 Å². The van der Waals surface area contributed by atoms with E-state index in [0.717, 1.165) is 11.1 Å². The lowest BCUT2D eigenvalue weighted by molar-refractivity contribution is -0.109. The van der Waals surface area contributed by atoms with Crippen molar-refractivity contribution in [1.29, 1.82) is 0 Å². The highest BCUT2D eigenvalue weighted by Crippen LogP contribution is 2.12. The fraction of sp³-hybridized carbons (Fsp3) is 0.300. The molecule has 3 nitrogen and oxygen atoms in total. The van der Waals surface area contributed by atoms with Gasteiger partial charge in [0.1, 0.15) is 0 Å². The van der Waals surface area contributed by atoms with Crippen LogP contribution in [0.15, 0.2) is 24.3 Å². The summed E-state index contributed by atoms with van der Waals surface area (Å²) in [7, 11) is 0. The van der Waals surface area contributed by atoms with Crippen molar-refractivity contribution in [3.05, 3.63) is 35.4 Å². The number of amides is 1. The second kappa shape index (κ2) is 4.62. The molecule has 1 aromatic carbocycles. The van der Waals surface area contributed by atoms with Gasteiger partial charge < -0.3 is 10.4 Å². The fourth-order valence-electron chi connectivity index (χ4n) is 1.07. The third kappa shape index (κ3) is 2.87. The van der Waals surface area contributed by atoms with Crippen LogP contribution in [0.2, 0.25) is 0 Å². The topological polar surface area (TPSA) is 49.3 Å². The Labute approximate surface area is 77.4 Å². The van der Waals surface area contributed by atoms with E-state index in [1.165, 1.54) is 0 Å². The SMILES string of the molecule is CC(O)c1ccc(CNC=O)cc1. The molecule has 0 saturated carbocycles. The molecule has 0 aliphatic rings. The summed E-state index contributed by atoms with van der Waals surface area (Å²) in [6.45, 7) is 2.25. The first-order chi connectivity index (χ1) is 6.24. The summed E-state index contributed by atoms with van der Waals surface area (Å²) in [5.41, 5.74) is 1.91. The van der Waals surface area contributed by atoms with E-state index in [0.29, 0.717) is 13.0 Å². The summed E-state index contributed by atoms with van der Waals surface area (Å²) >= 11 is 0. The largest absolute Gasteiger partial charge is 0.389 e. The molecule has 0 bridgehead atoms. The number of rotatable bonds is 4. The number of carbonyl (C=O) groups excluding carboxylic acids is 1. The number of benzene rings is 1. The molecule has 3 heteroatoms. The highest BCUT2D eigenvalue weighted by Gasteiger charge is 1.99. The van der Waals surface area contributed by atoms with Crippen molar-refractivity contribution >= 4 is 6.41 Å². The quantitative estimate of drug-likeness (QED) is 0.677. The zero-order chi connectivity index (χ0) is 9.68. The van der Waals surface area contributed by atoms with E-state index in [2.05, 4.69) is 5.32 Å². The molecule has 2 N–H and O–H groups in total. The Morgan fingerprint density at radius 1 is 1.46 bits per heavy atom. The highest BCUT2D eigenvalue weighted by atomic mass is 16.3. The summed E-state index contributed by atoms with van der Waals surface area (Å²) in [5, 5.41) is 11.8. The second-order valence-corrected chi connectivity index (χ2v) is 2.92. The van der Waals surface area contributed by atoms with Gasteiger partial charge in [-0.2, -0.15) is 0 Å². The van der Waals surface area contributed by atoms with E-state index in [1.807, 2.05) is 24.3 Å². The Balaban J connectivity index is 2.64. The Morgan fingerprint density at radius 3 is 2.54 bits per heavy atom. The van der Waals surface area contributed by atoms with Crippen LogP contribution in [0, 0.1) is 0 Å². The van der Waals surface area contributed by atoms with Crippen LogP contribution in [0.3, 0.4) is 0 Å². The normalized spacial score (nSPS) is 12.2. The minimum Gasteiger partial charge on any atom is -0.389 e. The number of aliphatic hydroxyl groups is 1. The molecule has 0 spiro atoms. The number of hydrogen-bond donors (Lipinski definition) is 2. The predicted octanol–water partition coefficient (Wildman–Crippen LogP) is 0.986. The number of carbonyl (C=O) groups is 1. The molecular weight excluding hydrogens is 166 g/mol. The standard InChI is InChI=1S/C10H13NO2/c1-8(13)10-4-2-9(3-5-10)6-11-7-12/h2-5,7-8,13H,6H2,1H3,(H,11,12). The van der Waals surface area contributed by atoms with Crippen molar-refractivity contribution in [2.45, 2.75) is 19.6 Å². The van der Waals surface area contributed by atoms with E-state index in [-0.39, 0.29) is 0 Å². The lowest BCUT2D eigenvalue weighted by atomic mass is 10.1. The molecule has 1 rings (SSSR count). The van der Waals surface area contributed by atoms with Crippen LogP contribution in [0.5, 0.6) is 0 Å². The zero-order valence-electron chi connectivity index (χ0n) is 7.53. The zero-order valence-corrected chi connectivity index (χ0v) is 7.53. The number of aliphatic hydroxyl groups excluding tert-OH is 1. The van der Waals surface area contributed by atoms with Crippen LogP contribution in [-0.2, 0) is 11.3 Å². The van der Waals surface area contributed by atoms with Crippen LogP contribution < -0.4 is 5.32 Å². The Hall–Kier alpha value is -1.35. The summed E-state index contributed by atoms with van der Waals surface area (Å²) in [6.07, 6.45) is 0.232. The Kier molecular flexibility index (Phi) is 3.46. The first-order valence-corrected chi connectivity index (χ1v) is 4.18. The highest BCUT2D eigenvalue weighted by molar-refractivity contribution is 5.46. The monoisotopic (exact) mass is 179 g/mol. The van der Waals surface area contributed by atoms with Gasteiger partial charge in [-0.3, -0.25) is 4.79 Å². The molecule has 0 aromatic heterocycles. The maximum absolute atomic E-state index is 10.0. The van der Waals surface area contributed by atoms with Crippen LogP contribution in [-0.4, -0.2) is 11.5 Å². The summed E-state index contributed by atoms with van der Waals surface area (Å²) < 4.78 is 0. The molecule has 0 saturated heterocycles. The van der Waals surface area contributed by atoms with Gasteiger partial charge in [0, 0.05) is 6.54 Å². The van der Waals surface area contributed by atoms with Crippen LogP contribution >= 0.6 is 0 Å². The van der Waals surface area contributed by atoms with Gasteiger partial charge >= 0.3 is 0 Å². The third-order valence-corrected chi connectivity index (χ3v) is 1.85. The van der Waals surface area contributed by atoms with E-state index < -0.39 is 6.10 Å². The minimum absolute atomic E-state index is 0.437. The molecule has 0 aliphatic carbocycles. The molecule has 1 aromatic rings. The first kappa shape index (κ1) is 9.74. The molecule has 0 fully saturated rings. The minimum atomic E-state index is -0.437. The smallest absolute Gasteiger partial charge is 0.207 e. The molecule has 1 unspecified atom stereocenters. The molecule has 70 valence electrons. The molecule has 1 atom stereocenters. The lowest BCUT2D eigenvalue weighted by Crippen LogP contribution is -2.09. The van der Waals surface area contributed by atoms with Crippen molar-refractivity contribution < 1.29 is 9.90 Å². The molecule has 0 aliphatic heterocycles. The predicted molar refractivity (Wildman–Crippen MR) is 50.0 cm³/mol. The number of nitrogens with one attached hydrogen (secondary N) is 1. The summed E-state index contributed by atoms with van der Waals surface area (Å²) in [6, 6.07) is 7.48. The average molecular weight is 179 g/mol. The fourth-order valence-corrected chi connectivity index (χ4v) is 1.07. The lowest BCUT2D eigenvalue weighted by Gasteiger charge is -2.05. The summed E-state index contributed by atoms with van der Waals surface area (Å²) in [4.78, 5) is 10.0. The molecule has 1 amide bonds. The van der Waals surface area contributed by atoms with Gasteiger partial charge in [-0.15, -0.1) is 0 Å². The molecule has 0 heterocycles. The van der Waals surface area contributed by atoms with Gasteiger partial charge in [0.2, 0.25) is 6.41 Å². The van der Waals surface area contributed by atoms with Crippen molar-refractivity contribution in [3.63, 3.8) is 0 Å². The van der Waals surface area contributed by atoms with Gasteiger partial charge in [0.05, 0.1) is 6.10 Å². The van der Waals surface area contributed by atoms with E-state index in [1.54, 1.807) is 6.92 Å². The molecular formula is C10H13NO2. The van der Waals surface area contributed by atoms with Crippen LogP contribution in [0.4, 0.5) is 0 Å². The Morgan fingerprint density at radius 2 is 2.08 bits per heavy atom. The van der Waals surface area contributed by atoms with E-state index in [9.17, 15) is 9.90 Å². The molecule has 13 heavy (non-hydrogen) atoms. The maximum Gasteiger partial charge on any atom is 0.207 e.